The van der Waals surface area contributed by atoms with Gasteiger partial charge in [0.2, 0.25) is 0 Å². The van der Waals surface area contributed by atoms with Crippen molar-refractivity contribution in [2.75, 3.05) is 5.75 Å². The van der Waals surface area contributed by atoms with Crippen LogP contribution in [-0.2, 0) is 4.79 Å². The number of fused-ring (bicyclic) bond motifs is 1. The largest absolute Gasteiger partial charge is 0.272 e. The van der Waals surface area contributed by atoms with Crippen molar-refractivity contribution in [1.82, 2.24) is 15.0 Å². The number of para-hydroxylation sites is 2. The smallest absolute Gasteiger partial charge is 0.266 e. The van der Waals surface area contributed by atoms with Gasteiger partial charge in [-0.1, -0.05) is 71.4 Å². The van der Waals surface area contributed by atoms with Crippen LogP contribution in [0.2, 0.25) is 10.0 Å². The molecule has 166 valence electrons. The van der Waals surface area contributed by atoms with Crippen LogP contribution in [-0.4, -0.2) is 27.4 Å². The second-order valence-corrected chi connectivity index (χ2v) is 8.87. The van der Waals surface area contributed by atoms with Crippen LogP contribution in [0.15, 0.2) is 81.8 Å². The van der Waals surface area contributed by atoms with E-state index in [4.69, 9.17) is 23.2 Å². The van der Waals surface area contributed by atoms with Crippen molar-refractivity contribution in [2.24, 2.45) is 5.10 Å². The highest BCUT2D eigenvalue weighted by Gasteiger charge is 2.15. The third-order valence-electron chi connectivity index (χ3n) is 4.79. The van der Waals surface area contributed by atoms with Gasteiger partial charge in [-0.3, -0.25) is 14.2 Å². The third-order valence-corrected chi connectivity index (χ3v) is 6.29. The standard InChI is InChI=1S/C24H18Cl2N4O2S/c1-15-6-2-5-9-21(15)30-23(32)18-7-3-4-8-20(18)28-24(30)33-14-22(31)29-27-13-16-10-11-17(25)12-19(16)26/h2-13H,14H2,1H3,(H,29,31). The lowest BCUT2D eigenvalue weighted by molar-refractivity contribution is -0.118. The lowest BCUT2D eigenvalue weighted by Crippen LogP contribution is -2.24. The number of rotatable bonds is 6. The van der Waals surface area contributed by atoms with E-state index in [1.165, 1.54) is 6.21 Å². The van der Waals surface area contributed by atoms with Gasteiger partial charge in [0, 0.05) is 10.6 Å². The number of thioether (sulfide) groups is 1. The van der Waals surface area contributed by atoms with Gasteiger partial charge in [0.05, 0.1) is 33.6 Å². The van der Waals surface area contributed by atoms with Gasteiger partial charge in [-0.25, -0.2) is 10.4 Å². The molecule has 0 saturated heterocycles. The molecule has 0 atom stereocenters. The zero-order valence-corrected chi connectivity index (χ0v) is 19.8. The Labute approximate surface area is 204 Å². The predicted octanol–water partition coefficient (Wildman–Crippen LogP) is 5.24. The van der Waals surface area contributed by atoms with Crippen molar-refractivity contribution >= 4 is 58.0 Å². The van der Waals surface area contributed by atoms with Gasteiger partial charge >= 0.3 is 0 Å². The van der Waals surface area contributed by atoms with E-state index in [1.54, 1.807) is 41.0 Å². The monoisotopic (exact) mass is 496 g/mol. The minimum atomic E-state index is -0.347. The first kappa shape index (κ1) is 23.0. The summed E-state index contributed by atoms with van der Waals surface area (Å²) >= 11 is 13.1. The summed E-state index contributed by atoms with van der Waals surface area (Å²) < 4.78 is 1.55. The Hall–Kier alpha value is -3.13. The highest BCUT2D eigenvalue weighted by Crippen LogP contribution is 2.23. The van der Waals surface area contributed by atoms with Crippen LogP contribution in [0.5, 0.6) is 0 Å². The van der Waals surface area contributed by atoms with Crippen molar-refractivity contribution in [3.8, 4) is 5.69 Å². The van der Waals surface area contributed by atoms with E-state index in [9.17, 15) is 9.59 Å². The first-order valence-corrected chi connectivity index (χ1v) is 11.7. The Bertz CT molecular complexity index is 1440. The first-order chi connectivity index (χ1) is 15.9. The molecular formula is C24H18Cl2N4O2S. The fraction of sp³-hybridized carbons (Fsp3) is 0.0833. The fourth-order valence-corrected chi connectivity index (χ4v) is 4.43. The zero-order valence-electron chi connectivity index (χ0n) is 17.5. The van der Waals surface area contributed by atoms with Crippen LogP contribution in [0.4, 0.5) is 0 Å². The quantitative estimate of drug-likeness (QED) is 0.171. The van der Waals surface area contributed by atoms with Crippen LogP contribution in [0.1, 0.15) is 11.1 Å². The molecule has 9 heteroatoms. The van der Waals surface area contributed by atoms with E-state index in [2.05, 4.69) is 15.5 Å². The number of amides is 1. The summed E-state index contributed by atoms with van der Waals surface area (Å²) in [6, 6.07) is 19.7. The number of benzene rings is 3. The molecule has 0 bridgehead atoms. The number of carbonyl (C=O) groups excluding carboxylic acids is 1. The number of hydrogen-bond donors (Lipinski definition) is 1. The number of halogens is 2. The van der Waals surface area contributed by atoms with Crippen LogP contribution in [0.25, 0.3) is 16.6 Å². The first-order valence-electron chi connectivity index (χ1n) is 9.91. The SMILES string of the molecule is Cc1ccccc1-n1c(SCC(=O)NN=Cc2ccc(Cl)cc2Cl)nc2ccccc2c1=O. The molecule has 0 spiro atoms. The van der Waals surface area contributed by atoms with Crippen LogP contribution in [0.3, 0.4) is 0 Å². The molecule has 0 aliphatic carbocycles. The number of aryl methyl sites for hydroxylation is 1. The topological polar surface area (TPSA) is 76.3 Å². The van der Waals surface area contributed by atoms with Crippen molar-refractivity contribution < 1.29 is 4.79 Å². The molecule has 0 aliphatic rings. The molecule has 6 nitrogen and oxygen atoms in total. The van der Waals surface area contributed by atoms with Gasteiger partial charge in [-0.15, -0.1) is 0 Å². The number of aromatic nitrogens is 2. The molecule has 33 heavy (non-hydrogen) atoms. The van der Waals surface area contributed by atoms with E-state index in [1.807, 2.05) is 37.3 Å². The molecule has 0 aliphatic heterocycles. The molecule has 4 aromatic rings. The van der Waals surface area contributed by atoms with Crippen LogP contribution < -0.4 is 11.0 Å². The van der Waals surface area contributed by atoms with E-state index in [0.29, 0.717) is 31.7 Å². The predicted molar refractivity (Wildman–Crippen MR) is 135 cm³/mol. The van der Waals surface area contributed by atoms with E-state index in [0.717, 1.165) is 23.0 Å². The molecular weight excluding hydrogens is 479 g/mol. The van der Waals surface area contributed by atoms with E-state index in [-0.39, 0.29) is 17.2 Å². The minimum absolute atomic E-state index is 0.0162. The molecule has 0 unspecified atom stereocenters. The molecule has 0 fully saturated rings. The molecule has 1 aromatic heterocycles. The number of nitrogens with zero attached hydrogens (tertiary/aromatic N) is 3. The second kappa shape index (κ2) is 10.2. The number of carbonyl (C=O) groups is 1. The summed E-state index contributed by atoms with van der Waals surface area (Å²) in [5, 5.41) is 5.83. The number of nitrogens with one attached hydrogen (secondary N) is 1. The number of hydrazone groups is 1. The van der Waals surface area contributed by atoms with Gasteiger partial charge in [0.1, 0.15) is 0 Å². The van der Waals surface area contributed by atoms with Crippen molar-refractivity contribution in [3.05, 3.63) is 98.3 Å². The maximum atomic E-state index is 13.3. The minimum Gasteiger partial charge on any atom is -0.272 e. The highest BCUT2D eigenvalue weighted by molar-refractivity contribution is 7.99. The van der Waals surface area contributed by atoms with Crippen LogP contribution >= 0.6 is 35.0 Å². The summed E-state index contributed by atoms with van der Waals surface area (Å²) in [5.41, 5.74) is 5.12. The average Bonchev–Trinajstić information content (AvgIpc) is 2.80. The molecule has 0 radical (unpaired) electrons. The molecule has 0 saturated carbocycles. The van der Waals surface area contributed by atoms with Gasteiger partial charge in [-0.05, 0) is 42.8 Å². The number of hydrogen-bond acceptors (Lipinski definition) is 5. The molecule has 1 heterocycles. The average molecular weight is 497 g/mol. The molecule has 1 amide bonds. The molecule has 4 rings (SSSR count). The maximum absolute atomic E-state index is 13.3. The Morgan fingerprint density at radius 3 is 2.67 bits per heavy atom. The summed E-state index contributed by atoms with van der Waals surface area (Å²) in [4.78, 5) is 30.3. The highest BCUT2D eigenvalue weighted by atomic mass is 35.5. The Morgan fingerprint density at radius 1 is 1.12 bits per heavy atom. The summed E-state index contributed by atoms with van der Waals surface area (Å²) in [7, 11) is 0. The van der Waals surface area contributed by atoms with Crippen molar-refractivity contribution in [2.45, 2.75) is 12.1 Å². The summed E-state index contributed by atoms with van der Waals surface area (Å²) in [5.74, 6) is -0.331. The molecule has 1 N–H and O–H groups in total. The van der Waals surface area contributed by atoms with Gasteiger partial charge in [-0.2, -0.15) is 5.10 Å². The maximum Gasteiger partial charge on any atom is 0.266 e. The van der Waals surface area contributed by atoms with Gasteiger partial charge in [0.15, 0.2) is 5.16 Å². The third kappa shape index (κ3) is 5.27. The van der Waals surface area contributed by atoms with Crippen molar-refractivity contribution in [3.63, 3.8) is 0 Å². The van der Waals surface area contributed by atoms with Gasteiger partial charge < -0.3 is 0 Å². The lowest BCUT2D eigenvalue weighted by atomic mass is 10.2. The summed E-state index contributed by atoms with van der Waals surface area (Å²) in [6.45, 7) is 1.93. The lowest BCUT2D eigenvalue weighted by Gasteiger charge is -2.14. The van der Waals surface area contributed by atoms with Gasteiger partial charge in [0.25, 0.3) is 11.5 Å². The fourth-order valence-electron chi connectivity index (χ4n) is 3.18. The Balaban J connectivity index is 1.57. The second-order valence-electron chi connectivity index (χ2n) is 7.09. The van der Waals surface area contributed by atoms with Crippen molar-refractivity contribution in [1.29, 1.82) is 0 Å². The Kier molecular flexibility index (Phi) is 7.13. The van der Waals surface area contributed by atoms with E-state index >= 15 is 0 Å². The summed E-state index contributed by atoms with van der Waals surface area (Å²) in [6.07, 6.45) is 1.44. The zero-order chi connectivity index (χ0) is 23.4. The Morgan fingerprint density at radius 2 is 1.88 bits per heavy atom. The molecule has 3 aromatic carbocycles. The van der Waals surface area contributed by atoms with E-state index < -0.39 is 0 Å². The van der Waals surface area contributed by atoms with Crippen LogP contribution in [0, 0.1) is 6.92 Å². The normalized spacial score (nSPS) is 11.2.